The fourth-order valence-corrected chi connectivity index (χ4v) is 7.43. The van der Waals surface area contributed by atoms with Gasteiger partial charge in [0.2, 0.25) is 0 Å². The summed E-state index contributed by atoms with van der Waals surface area (Å²) in [7, 11) is 0. The predicted octanol–water partition coefficient (Wildman–Crippen LogP) is 8.08. The Morgan fingerprint density at radius 3 is 1.20 bits per heavy atom. The van der Waals surface area contributed by atoms with Gasteiger partial charge in [-0.1, -0.05) is 106 Å². The van der Waals surface area contributed by atoms with Crippen LogP contribution in [-0.4, -0.2) is 171 Å². The minimum Gasteiger partial charge on any atom is -0.491 e. The van der Waals surface area contributed by atoms with Gasteiger partial charge in [0.1, 0.15) is 19.0 Å². The molecule has 1 aliphatic carbocycles. The second-order valence-electron chi connectivity index (χ2n) is 16.4. The third kappa shape index (κ3) is 28.1. The lowest BCUT2D eigenvalue weighted by Gasteiger charge is -2.14. The highest BCUT2D eigenvalue weighted by atomic mass is 16.6. The van der Waals surface area contributed by atoms with E-state index in [1.54, 1.807) is 0 Å². The summed E-state index contributed by atoms with van der Waals surface area (Å²) >= 11 is 0. The number of unbranched alkanes of at least 4 members (excludes halogenated alkanes) is 6. The fraction of sp³-hybridized carbons (Fsp3) is 0.648. The molecular weight excluding hydrogens is 887 g/mol. The Morgan fingerprint density at radius 1 is 0.420 bits per heavy atom. The molecule has 15 nitrogen and oxygen atoms in total. The van der Waals surface area contributed by atoms with E-state index in [0.717, 1.165) is 12.2 Å². The van der Waals surface area contributed by atoms with Gasteiger partial charge in [-0.15, -0.1) is 0 Å². The standard InChI is InChI=1S/C54H83NO14/c1-2-3-4-5-6-7-8-13-47-18-20-48(21-19-47)68-45-44-67-43-42-66-41-40-65-39-38-64-37-36-63-35-34-62-33-32-61-31-30-60-29-28-59-27-26-58-25-24-57-23-22-55-54(56)69-46-53-51-16-11-9-14-49(51)50-15-10-12-17-52(50)53/h9-12,14-21,53H,2-8,13,22-46H2,1H3,(H,55,56). The number of carbonyl (C=O) groups is 1. The minimum atomic E-state index is -0.453. The molecule has 0 saturated carbocycles. The number of alkyl carbamates (subject to hydrolysis) is 1. The molecule has 0 atom stereocenters. The number of carbonyl (C=O) groups excluding carboxylic acids is 1. The summed E-state index contributed by atoms with van der Waals surface area (Å²) in [6.07, 6.45) is 10.0. The molecule has 15 heteroatoms. The molecule has 0 unspecified atom stereocenters. The topological polar surface area (TPSA) is 149 Å². The summed E-state index contributed by atoms with van der Waals surface area (Å²) in [6, 6.07) is 25.0. The highest BCUT2D eigenvalue weighted by molar-refractivity contribution is 5.79. The van der Waals surface area contributed by atoms with Gasteiger partial charge < -0.3 is 66.9 Å². The normalized spacial score (nSPS) is 12.1. The summed E-state index contributed by atoms with van der Waals surface area (Å²) in [5.74, 6) is 0.916. The first-order chi connectivity index (χ1) is 34.3. The van der Waals surface area contributed by atoms with Gasteiger partial charge in [-0.05, 0) is 52.8 Å². The highest BCUT2D eigenvalue weighted by Crippen LogP contribution is 2.44. The summed E-state index contributed by atoms with van der Waals surface area (Å²) < 4.78 is 72.4. The summed E-state index contributed by atoms with van der Waals surface area (Å²) in [5.41, 5.74) is 6.15. The number of benzene rings is 3. The molecule has 0 heterocycles. The molecule has 0 bridgehead atoms. The summed E-state index contributed by atoms with van der Waals surface area (Å²) in [4.78, 5) is 12.3. The maximum Gasteiger partial charge on any atom is 0.407 e. The molecular formula is C54H83NO14. The number of hydrogen-bond donors (Lipinski definition) is 1. The van der Waals surface area contributed by atoms with Crippen molar-refractivity contribution in [2.24, 2.45) is 0 Å². The molecule has 3 aromatic rings. The number of nitrogens with one attached hydrogen (secondary N) is 1. The van der Waals surface area contributed by atoms with E-state index in [9.17, 15) is 4.79 Å². The van der Waals surface area contributed by atoms with Crippen LogP contribution in [-0.2, 0) is 63.3 Å². The molecule has 0 saturated heterocycles. The third-order valence-electron chi connectivity index (χ3n) is 11.1. The minimum absolute atomic E-state index is 0.0339. The number of aryl methyl sites for hydroxylation is 1. The Balaban J connectivity index is 0.757. The van der Waals surface area contributed by atoms with Gasteiger partial charge in [0, 0.05) is 12.5 Å². The largest absolute Gasteiger partial charge is 0.491 e. The van der Waals surface area contributed by atoms with Crippen molar-refractivity contribution in [3.8, 4) is 16.9 Å². The fourth-order valence-electron chi connectivity index (χ4n) is 7.43. The van der Waals surface area contributed by atoms with Crippen LogP contribution in [0.1, 0.15) is 74.5 Å². The highest BCUT2D eigenvalue weighted by Gasteiger charge is 2.29. The van der Waals surface area contributed by atoms with E-state index in [1.807, 2.05) is 24.3 Å². The van der Waals surface area contributed by atoms with Crippen molar-refractivity contribution in [3.05, 3.63) is 89.5 Å². The van der Waals surface area contributed by atoms with E-state index in [-0.39, 0.29) is 12.5 Å². The van der Waals surface area contributed by atoms with Gasteiger partial charge in [-0.3, -0.25) is 0 Å². The van der Waals surface area contributed by atoms with Crippen molar-refractivity contribution in [3.63, 3.8) is 0 Å². The van der Waals surface area contributed by atoms with Gasteiger partial charge in [-0.2, -0.15) is 0 Å². The van der Waals surface area contributed by atoms with Crippen molar-refractivity contribution in [2.75, 3.05) is 165 Å². The molecule has 0 aliphatic heterocycles. The van der Waals surface area contributed by atoms with Crippen LogP contribution in [0.2, 0.25) is 0 Å². The van der Waals surface area contributed by atoms with E-state index >= 15 is 0 Å². The lowest BCUT2D eigenvalue weighted by molar-refractivity contribution is -0.0277. The summed E-state index contributed by atoms with van der Waals surface area (Å²) in [6.45, 7) is 14.1. The quantitative estimate of drug-likeness (QED) is 0.0544. The Kier molecular flexibility index (Phi) is 34.4. The molecule has 69 heavy (non-hydrogen) atoms. The van der Waals surface area contributed by atoms with Crippen molar-refractivity contribution < 1.29 is 66.4 Å². The van der Waals surface area contributed by atoms with Crippen molar-refractivity contribution in [2.45, 2.75) is 64.2 Å². The Morgan fingerprint density at radius 2 is 0.783 bits per heavy atom. The smallest absolute Gasteiger partial charge is 0.407 e. The average Bonchev–Trinajstić information content (AvgIpc) is 3.70. The zero-order valence-corrected chi connectivity index (χ0v) is 41.6. The van der Waals surface area contributed by atoms with Gasteiger partial charge in [0.25, 0.3) is 0 Å². The van der Waals surface area contributed by atoms with E-state index in [1.165, 1.54) is 72.8 Å². The van der Waals surface area contributed by atoms with Crippen LogP contribution < -0.4 is 10.1 Å². The molecule has 0 aromatic heterocycles. The monoisotopic (exact) mass is 970 g/mol. The van der Waals surface area contributed by atoms with Crippen LogP contribution >= 0.6 is 0 Å². The van der Waals surface area contributed by atoms with Crippen LogP contribution in [0.25, 0.3) is 11.1 Å². The van der Waals surface area contributed by atoms with Crippen molar-refractivity contribution in [1.29, 1.82) is 0 Å². The zero-order valence-electron chi connectivity index (χ0n) is 41.6. The van der Waals surface area contributed by atoms with Crippen LogP contribution in [0.3, 0.4) is 0 Å². The predicted molar refractivity (Wildman–Crippen MR) is 266 cm³/mol. The lowest BCUT2D eigenvalue weighted by Crippen LogP contribution is -2.29. The molecule has 388 valence electrons. The second-order valence-corrected chi connectivity index (χ2v) is 16.4. The number of rotatable bonds is 47. The van der Waals surface area contributed by atoms with Gasteiger partial charge >= 0.3 is 6.09 Å². The van der Waals surface area contributed by atoms with Crippen LogP contribution in [0.15, 0.2) is 72.8 Å². The Labute approximate surface area is 412 Å². The Hall–Kier alpha value is -3.71. The maximum atomic E-state index is 12.3. The molecule has 1 aliphatic rings. The molecule has 0 fully saturated rings. The van der Waals surface area contributed by atoms with Crippen LogP contribution in [0.4, 0.5) is 4.79 Å². The van der Waals surface area contributed by atoms with E-state index < -0.39 is 6.09 Å². The third-order valence-corrected chi connectivity index (χ3v) is 11.1. The number of fused-ring (bicyclic) bond motifs is 3. The molecule has 0 radical (unpaired) electrons. The average molecular weight is 970 g/mol. The maximum absolute atomic E-state index is 12.3. The molecule has 1 N–H and O–H groups in total. The van der Waals surface area contributed by atoms with Gasteiger partial charge in [-0.25, -0.2) is 4.79 Å². The van der Waals surface area contributed by atoms with Crippen LogP contribution in [0.5, 0.6) is 5.75 Å². The van der Waals surface area contributed by atoms with Crippen molar-refractivity contribution in [1.82, 2.24) is 5.32 Å². The second kappa shape index (κ2) is 41.0. The molecule has 1 amide bonds. The number of hydrogen-bond acceptors (Lipinski definition) is 14. The zero-order chi connectivity index (χ0) is 48.3. The lowest BCUT2D eigenvalue weighted by atomic mass is 9.98. The van der Waals surface area contributed by atoms with Crippen molar-refractivity contribution >= 4 is 6.09 Å². The molecule has 0 spiro atoms. The number of amides is 1. The number of ether oxygens (including phenoxy) is 13. The molecule has 3 aromatic carbocycles. The van der Waals surface area contributed by atoms with Gasteiger partial charge in [0.15, 0.2) is 0 Å². The van der Waals surface area contributed by atoms with E-state index in [4.69, 9.17) is 61.6 Å². The van der Waals surface area contributed by atoms with E-state index in [0.29, 0.717) is 159 Å². The first-order valence-electron chi connectivity index (χ1n) is 25.4. The first-order valence-corrected chi connectivity index (χ1v) is 25.4. The first kappa shape index (κ1) is 57.9. The summed E-state index contributed by atoms with van der Waals surface area (Å²) in [5, 5.41) is 2.75. The molecule has 4 rings (SSSR count). The SMILES string of the molecule is CCCCCCCCCc1ccc(OCCOCCOCCOCCOCCOCCOCCOCCOCCOCCOCCOCCNC(=O)OCC2c3ccccc3-c3ccccc32)cc1. The Bertz CT molecular complexity index is 1620. The van der Waals surface area contributed by atoms with E-state index in [2.05, 4.69) is 60.8 Å². The van der Waals surface area contributed by atoms with Crippen LogP contribution in [0, 0.1) is 0 Å². The van der Waals surface area contributed by atoms with Gasteiger partial charge in [0.05, 0.1) is 145 Å².